The number of nitrogens with one attached hydrogen (secondary N) is 1. The van der Waals surface area contributed by atoms with Gasteiger partial charge in [0.1, 0.15) is 5.03 Å². The number of halogens is 3. The van der Waals surface area contributed by atoms with Crippen LogP contribution in [0.2, 0.25) is 0 Å². The summed E-state index contributed by atoms with van der Waals surface area (Å²) in [5.41, 5.74) is 0.586. The normalized spacial score (nSPS) is 11.6. The zero-order chi connectivity index (χ0) is 21.1. The third-order valence-electron chi connectivity index (χ3n) is 4.00. The summed E-state index contributed by atoms with van der Waals surface area (Å²) in [5, 5.41) is 15.6. The molecule has 0 fully saturated rings. The van der Waals surface area contributed by atoms with Crippen molar-refractivity contribution in [3.05, 3.63) is 66.5 Å². The van der Waals surface area contributed by atoms with E-state index in [0.29, 0.717) is 16.5 Å². The maximum atomic E-state index is 12.8. The molecule has 3 heterocycles. The molecule has 3 aromatic heterocycles. The van der Waals surface area contributed by atoms with Gasteiger partial charge in [0, 0.05) is 23.6 Å². The number of amides is 1. The third-order valence-corrected chi connectivity index (χ3v) is 4.92. The second-order valence-corrected chi connectivity index (χ2v) is 7.11. The third kappa shape index (κ3) is 4.40. The smallest absolute Gasteiger partial charge is 0.325 e. The Hall–Kier alpha value is -3.47. The Kier molecular flexibility index (Phi) is 5.36. The van der Waals surface area contributed by atoms with Crippen molar-refractivity contribution in [2.45, 2.75) is 11.2 Å². The molecule has 1 amide bonds. The first-order valence-corrected chi connectivity index (χ1v) is 9.61. The fourth-order valence-corrected chi connectivity index (χ4v) is 3.29. The van der Waals surface area contributed by atoms with Crippen LogP contribution in [-0.2, 0) is 11.0 Å². The lowest BCUT2D eigenvalue weighted by atomic mass is 10.2. The molecule has 4 aromatic rings. The van der Waals surface area contributed by atoms with Crippen molar-refractivity contribution < 1.29 is 18.0 Å². The minimum absolute atomic E-state index is 0.0263. The summed E-state index contributed by atoms with van der Waals surface area (Å²) >= 11 is 1.15. The second-order valence-electron chi connectivity index (χ2n) is 6.12. The number of carbonyl (C=O) groups excluding carboxylic acids is 1. The molecule has 0 radical (unpaired) electrons. The van der Waals surface area contributed by atoms with Gasteiger partial charge in [0.15, 0.2) is 11.5 Å². The summed E-state index contributed by atoms with van der Waals surface area (Å²) in [4.78, 5) is 16.1. The van der Waals surface area contributed by atoms with Crippen molar-refractivity contribution in [3.8, 4) is 11.4 Å². The lowest BCUT2D eigenvalue weighted by Crippen LogP contribution is -2.15. The molecule has 0 aliphatic rings. The van der Waals surface area contributed by atoms with Gasteiger partial charge in [-0.1, -0.05) is 17.8 Å². The molecular weight excluding hydrogens is 417 g/mol. The van der Waals surface area contributed by atoms with Gasteiger partial charge in [-0.05, 0) is 42.5 Å². The van der Waals surface area contributed by atoms with Crippen molar-refractivity contribution in [1.29, 1.82) is 0 Å². The first kappa shape index (κ1) is 19.8. The van der Waals surface area contributed by atoms with Gasteiger partial charge >= 0.3 is 6.18 Å². The number of aromatic nitrogens is 5. The molecule has 0 aliphatic carbocycles. The van der Waals surface area contributed by atoms with Gasteiger partial charge in [-0.25, -0.2) is 0 Å². The average Bonchev–Trinajstić information content (AvgIpc) is 3.16. The maximum absolute atomic E-state index is 12.8. The van der Waals surface area contributed by atoms with Crippen molar-refractivity contribution in [2.24, 2.45) is 0 Å². The Morgan fingerprint density at radius 3 is 2.63 bits per heavy atom. The van der Waals surface area contributed by atoms with Crippen molar-refractivity contribution in [1.82, 2.24) is 24.8 Å². The Bertz CT molecular complexity index is 1200. The van der Waals surface area contributed by atoms with Crippen molar-refractivity contribution >= 4 is 29.0 Å². The summed E-state index contributed by atoms with van der Waals surface area (Å²) in [6.45, 7) is 0. The number of anilines is 1. The quantitative estimate of drug-likeness (QED) is 0.483. The zero-order valence-corrected chi connectivity index (χ0v) is 16.0. The number of fused-ring (bicyclic) bond motifs is 1. The summed E-state index contributed by atoms with van der Waals surface area (Å²) in [5.74, 6) is 0.0594. The van der Waals surface area contributed by atoms with Crippen LogP contribution in [0.15, 0.2) is 66.0 Å². The predicted octanol–water partition coefficient (Wildman–Crippen LogP) is 3.94. The molecule has 0 aliphatic heterocycles. The average molecular weight is 430 g/mol. The Morgan fingerprint density at radius 1 is 1.07 bits per heavy atom. The molecule has 7 nitrogen and oxygen atoms in total. The molecule has 1 aromatic carbocycles. The molecule has 0 bridgehead atoms. The molecule has 4 rings (SSSR count). The molecule has 152 valence electrons. The number of pyridine rings is 1. The minimum atomic E-state index is -4.47. The maximum Gasteiger partial charge on any atom is 0.416 e. The zero-order valence-electron chi connectivity index (χ0n) is 15.2. The largest absolute Gasteiger partial charge is 0.416 e. The van der Waals surface area contributed by atoms with E-state index in [1.165, 1.54) is 12.1 Å². The monoisotopic (exact) mass is 430 g/mol. The number of hydrogen-bond donors (Lipinski definition) is 1. The van der Waals surface area contributed by atoms with Gasteiger partial charge < -0.3 is 5.32 Å². The van der Waals surface area contributed by atoms with E-state index >= 15 is 0 Å². The van der Waals surface area contributed by atoms with E-state index in [0.717, 1.165) is 29.5 Å². The Labute approximate surface area is 172 Å². The van der Waals surface area contributed by atoms with Gasteiger partial charge in [-0.3, -0.25) is 9.78 Å². The summed E-state index contributed by atoms with van der Waals surface area (Å²) in [7, 11) is 0. The lowest BCUT2D eigenvalue weighted by Gasteiger charge is -2.09. The fourth-order valence-electron chi connectivity index (χ4n) is 2.64. The van der Waals surface area contributed by atoms with Crippen molar-refractivity contribution in [3.63, 3.8) is 0 Å². The number of benzene rings is 1. The highest BCUT2D eigenvalue weighted by molar-refractivity contribution is 7.99. The second kappa shape index (κ2) is 8.11. The van der Waals surface area contributed by atoms with E-state index in [1.807, 2.05) is 0 Å². The molecule has 0 atom stereocenters. The van der Waals surface area contributed by atoms with E-state index in [9.17, 15) is 18.0 Å². The lowest BCUT2D eigenvalue weighted by molar-refractivity contribution is -0.137. The highest BCUT2D eigenvalue weighted by Gasteiger charge is 2.30. The van der Waals surface area contributed by atoms with Crippen LogP contribution in [0.4, 0.5) is 18.9 Å². The topological polar surface area (TPSA) is 85.1 Å². The van der Waals surface area contributed by atoms with Crippen molar-refractivity contribution in [2.75, 3.05) is 11.1 Å². The Morgan fingerprint density at radius 2 is 1.87 bits per heavy atom. The number of thioether (sulfide) groups is 1. The first-order chi connectivity index (χ1) is 14.4. The van der Waals surface area contributed by atoms with Crippen LogP contribution in [0.25, 0.3) is 17.0 Å². The van der Waals surface area contributed by atoms with Crippen LogP contribution in [0.3, 0.4) is 0 Å². The first-order valence-electron chi connectivity index (χ1n) is 8.63. The van der Waals surface area contributed by atoms with Crippen LogP contribution in [0, 0.1) is 0 Å². The van der Waals surface area contributed by atoms with Gasteiger partial charge in [-0.2, -0.15) is 22.8 Å². The highest BCUT2D eigenvalue weighted by Crippen LogP contribution is 2.30. The fraction of sp³-hybridized carbons (Fsp3) is 0.105. The minimum Gasteiger partial charge on any atom is -0.325 e. The molecule has 1 N–H and O–H groups in total. The van der Waals surface area contributed by atoms with Crippen LogP contribution in [0.1, 0.15) is 5.56 Å². The SMILES string of the molecule is O=C(CSc1ccc2nnc(-c3ccncc3)n2n1)Nc1cccc(C(F)(F)F)c1. The van der Waals surface area contributed by atoms with Gasteiger partial charge in [0.2, 0.25) is 5.91 Å². The van der Waals surface area contributed by atoms with Gasteiger partial charge in [0.05, 0.1) is 11.3 Å². The molecular formula is C19H13F3N6OS. The molecule has 0 saturated carbocycles. The van der Waals surface area contributed by atoms with E-state index in [1.54, 1.807) is 41.2 Å². The van der Waals surface area contributed by atoms with Crippen LogP contribution in [0.5, 0.6) is 0 Å². The number of alkyl halides is 3. The highest BCUT2D eigenvalue weighted by atomic mass is 32.2. The summed E-state index contributed by atoms with van der Waals surface area (Å²) in [6.07, 6.45) is -1.21. The van der Waals surface area contributed by atoms with E-state index in [-0.39, 0.29) is 11.4 Å². The van der Waals surface area contributed by atoms with Crippen LogP contribution >= 0.6 is 11.8 Å². The number of rotatable bonds is 5. The molecule has 0 saturated heterocycles. The number of hydrogen-bond acceptors (Lipinski definition) is 6. The van der Waals surface area contributed by atoms with Gasteiger partial charge in [0.25, 0.3) is 0 Å². The van der Waals surface area contributed by atoms with E-state index < -0.39 is 17.6 Å². The molecule has 0 unspecified atom stereocenters. The Balaban J connectivity index is 1.45. The molecule has 0 spiro atoms. The molecule has 30 heavy (non-hydrogen) atoms. The number of carbonyl (C=O) groups is 1. The summed E-state index contributed by atoms with van der Waals surface area (Å²) in [6, 6.07) is 11.5. The number of nitrogens with zero attached hydrogens (tertiary/aromatic N) is 5. The van der Waals surface area contributed by atoms with Crippen LogP contribution in [-0.4, -0.2) is 36.5 Å². The standard InChI is InChI=1S/C19H13F3N6OS/c20-19(21,22)13-2-1-3-14(10-13)24-16(29)11-30-17-5-4-15-25-26-18(28(15)27-17)12-6-8-23-9-7-12/h1-10H,11H2,(H,24,29). The van der Waals surface area contributed by atoms with Gasteiger partial charge in [-0.15, -0.1) is 10.2 Å². The molecule has 11 heteroatoms. The van der Waals surface area contributed by atoms with Crippen LogP contribution < -0.4 is 5.32 Å². The predicted molar refractivity (Wildman–Crippen MR) is 105 cm³/mol. The van der Waals surface area contributed by atoms with E-state index in [4.69, 9.17) is 0 Å². The van der Waals surface area contributed by atoms with E-state index in [2.05, 4.69) is 25.6 Å². The summed E-state index contributed by atoms with van der Waals surface area (Å²) < 4.78 is 39.9.